The highest BCUT2D eigenvalue weighted by atomic mass is 35.5. The molecule has 0 bridgehead atoms. The Balaban J connectivity index is 1.28. The molecule has 7 nitrogen and oxygen atoms in total. The molecule has 4 rings (SSSR count). The molecule has 1 unspecified atom stereocenters. The highest BCUT2D eigenvalue weighted by molar-refractivity contribution is 6.30. The van der Waals surface area contributed by atoms with Crippen LogP contribution in [0, 0.1) is 0 Å². The van der Waals surface area contributed by atoms with Crippen LogP contribution in [0.4, 0.5) is 0 Å². The van der Waals surface area contributed by atoms with E-state index in [-0.39, 0.29) is 12.5 Å². The summed E-state index contributed by atoms with van der Waals surface area (Å²) in [5, 5.41) is 16.1. The molecule has 1 N–H and O–H groups in total. The Morgan fingerprint density at radius 3 is 2.89 bits per heavy atom. The van der Waals surface area contributed by atoms with Gasteiger partial charge in [0.2, 0.25) is 6.10 Å². The van der Waals surface area contributed by atoms with E-state index in [0.29, 0.717) is 23.6 Å². The number of rotatable bonds is 6. The zero-order chi connectivity index (χ0) is 19.3. The van der Waals surface area contributed by atoms with Crippen molar-refractivity contribution in [1.82, 2.24) is 20.3 Å². The summed E-state index contributed by atoms with van der Waals surface area (Å²) in [6.07, 6.45) is 2.06. The topological polar surface area (TPSA) is 81.4 Å². The lowest BCUT2D eigenvalue weighted by Crippen LogP contribution is -2.34. The van der Waals surface area contributed by atoms with Gasteiger partial charge in [-0.2, -0.15) is 15.0 Å². The van der Waals surface area contributed by atoms with E-state index >= 15 is 0 Å². The first-order chi connectivity index (χ1) is 13.7. The van der Waals surface area contributed by atoms with E-state index in [0.717, 1.165) is 17.0 Å². The van der Waals surface area contributed by atoms with Gasteiger partial charge in [-0.05, 0) is 29.8 Å². The van der Waals surface area contributed by atoms with Crippen molar-refractivity contribution in [3.8, 4) is 5.69 Å². The molecule has 1 aromatic heterocycles. The number of para-hydroxylation sites is 1. The van der Waals surface area contributed by atoms with Gasteiger partial charge in [0, 0.05) is 17.9 Å². The quantitative estimate of drug-likeness (QED) is 0.695. The minimum Gasteiger partial charge on any atom is -0.382 e. The second-order valence-electron chi connectivity index (χ2n) is 6.44. The monoisotopic (exact) mass is 395 g/mol. The molecule has 1 atom stereocenters. The van der Waals surface area contributed by atoms with Crippen molar-refractivity contribution in [1.29, 1.82) is 0 Å². The van der Waals surface area contributed by atoms with Crippen LogP contribution in [0.1, 0.15) is 17.7 Å². The molecule has 8 heteroatoms. The first-order valence-electron chi connectivity index (χ1n) is 8.88. The summed E-state index contributed by atoms with van der Waals surface area (Å²) < 4.78 is 0. The smallest absolute Gasteiger partial charge is 0.264 e. The van der Waals surface area contributed by atoms with E-state index in [1.54, 1.807) is 6.20 Å². The Hall–Kier alpha value is -3.19. The number of carbonyl (C=O) groups is 1. The number of nitrogens with zero attached hydrogens (tertiary/aromatic N) is 4. The first-order valence-corrected chi connectivity index (χ1v) is 9.25. The van der Waals surface area contributed by atoms with Crippen LogP contribution in [0.15, 0.2) is 65.9 Å². The average molecular weight is 396 g/mol. The van der Waals surface area contributed by atoms with E-state index < -0.39 is 6.10 Å². The molecule has 0 saturated carbocycles. The molecule has 1 amide bonds. The second kappa shape index (κ2) is 8.22. The number of carbonyl (C=O) groups excluding carboxylic acids is 1. The van der Waals surface area contributed by atoms with E-state index in [4.69, 9.17) is 16.4 Å². The first kappa shape index (κ1) is 18.2. The molecule has 28 heavy (non-hydrogen) atoms. The van der Waals surface area contributed by atoms with E-state index in [9.17, 15) is 4.79 Å². The fraction of sp³-hybridized carbons (Fsp3) is 0.200. The summed E-state index contributed by atoms with van der Waals surface area (Å²) in [5.74, 6) is -0.223. The van der Waals surface area contributed by atoms with Gasteiger partial charge in [0.05, 0.1) is 24.1 Å². The van der Waals surface area contributed by atoms with Gasteiger partial charge in [0.25, 0.3) is 5.91 Å². The van der Waals surface area contributed by atoms with Crippen molar-refractivity contribution < 1.29 is 9.63 Å². The third-order valence-electron chi connectivity index (χ3n) is 4.29. The van der Waals surface area contributed by atoms with Crippen LogP contribution >= 0.6 is 11.6 Å². The number of amides is 1. The molecular weight excluding hydrogens is 378 g/mol. The lowest BCUT2D eigenvalue weighted by molar-refractivity contribution is -0.131. The average Bonchev–Trinajstić information content (AvgIpc) is 3.37. The molecule has 2 heterocycles. The maximum absolute atomic E-state index is 12.4. The van der Waals surface area contributed by atoms with Crippen LogP contribution in [0.2, 0.25) is 5.02 Å². The minimum atomic E-state index is -0.627. The van der Waals surface area contributed by atoms with Gasteiger partial charge in [-0.1, -0.05) is 47.1 Å². The van der Waals surface area contributed by atoms with Crippen molar-refractivity contribution >= 4 is 23.2 Å². The Morgan fingerprint density at radius 2 is 2.07 bits per heavy atom. The minimum absolute atomic E-state index is 0.223. The normalized spacial score (nSPS) is 15.8. The highest BCUT2D eigenvalue weighted by Gasteiger charge is 2.28. The maximum Gasteiger partial charge on any atom is 0.264 e. The number of hydrogen-bond donors (Lipinski definition) is 1. The number of oxime groups is 1. The number of hydrogen-bond acceptors (Lipinski definition) is 5. The summed E-state index contributed by atoms with van der Waals surface area (Å²) in [6, 6.07) is 17.1. The molecule has 0 fully saturated rings. The van der Waals surface area contributed by atoms with Gasteiger partial charge in [-0.25, -0.2) is 0 Å². The van der Waals surface area contributed by atoms with Crippen LogP contribution in [0.3, 0.4) is 0 Å². The SMILES string of the molecule is O=C(NCc1cnn(-c2ccccc2)n1)C1CC(Cc2cccc(Cl)c2)=NO1. The summed E-state index contributed by atoms with van der Waals surface area (Å²) in [6.45, 7) is 0.273. The Morgan fingerprint density at radius 1 is 1.21 bits per heavy atom. The lowest BCUT2D eigenvalue weighted by atomic mass is 10.0. The van der Waals surface area contributed by atoms with Crippen LogP contribution in [0.25, 0.3) is 5.69 Å². The van der Waals surface area contributed by atoms with E-state index in [2.05, 4.69) is 20.7 Å². The molecule has 0 spiro atoms. The number of nitrogens with one attached hydrogen (secondary N) is 1. The molecular formula is C20H18ClN5O2. The molecule has 0 radical (unpaired) electrons. The third kappa shape index (κ3) is 4.37. The molecule has 1 aliphatic rings. The Kier molecular flexibility index (Phi) is 5.34. The van der Waals surface area contributed by atoms with Gasteiger partial charge in [-0.3, -0.25) is 4.79 Å². The molecule has 0 saturated heterocycles. The van der Waals surface area contributed by atoms with Crippen molar-refractivity contribution in [2.45, 2.75) is 25.5 Å². The Bertz CT molecular complexity index is 1000. The van der Waals surface area contributed by atoms with E-state index in [1.165, 1.54) is 4.80 Å². The van der Waals surface area contributed by atoms with Crippen molar-refractivity contribution in [2.24, 2.45) is 5.16 Å². The largest absolute Gasteiger partial charge is 0.382 e. The molecule has 0 aliphatic carbocycles. The van der Waals surface area contributed by atoms with Crippen LogP contribution in [0.5, 0.6) is 0 Å². The zero-order valence-corrected chi connectivity index (χ0v) is 15.7. The van der Waals surface area contributed by atoms with Gasteiger partial charge in [-0.15, -0.1) is 0 Å². The number of halogens is 1. The highest BCUT2D eigenvalue weighted by Crippen LogP contribution is 2.17. The molecule has 3 aromatic rings. The summed E-state index contributed by atoms with van der Waals surface area (Å²) >= 11 is 6.00. The summed E-state index contributed by atoms with van der Waals surface area (Å²) in [7, 11) is 0. The van der Waals surface area contributed by atoms with Gasteiger partial charge >= 0.3 is 0 Å². The van der Waals surface area contributed by atoms with Crippen LogP contribution in [-0.2, 0) is 22.6 Å². The van der Waals surface area contributed by atoms with Gasteiger partial charge < -0.3 is 10.2 Å². The zero-order valence-electron chi connectivity index (χ0n) is 15.0. The second-order valence-corrected chi connectivity index (χ2v) is 6.88. The molecule has 2 aromatic carbocycles. The summed E-state index contributed by atoms with van der Waals surface area (Å²) in [5.41, 5.74) is 3.37. The van der Waals surface area contributed by atoms with Gasteiger partial charge in [0.15, 0.2) is 0 Å². The van der Waals surface area contributed by atoms with Crippen molar-refractivity contribution in [2.75, 3.05) is 0 Å². The summed E-state index contributed by atoms with van der Waals surface area (Å²) in [4.78, 5) is 19.2. The third-order valence-corrected chi connectivity index (χ3v) is 4.52. The predicted octanol–water partition coefficient (Wildman–Crippen LogP) is 2.92. The fourth-order valence-electron chi connectivity index (χ4n) is 2.91. The lowest BCUT2D eigenvalue weighted by Gasteiger charge is -2.08. The molecule has 142 valence electrons. The van der Waals surface area contributed by atoms with Crippen molar-refractivity contribution in [3.63, 3.8) is 0 Å². The Labute approximate surface area is 167 Å². The van der Waals surface area contributed by atoms with Crippen molar-refractivity contribution in [3.05, 3.63) is 77.1 Å². The van der Waals surface area contributed by atoms with Crippen LogP contribution in [-0.4, -0.2) is 32.7 Å². The van der Waals surface area contributed by atoms with E-state index in [1.807, 2.05) is 54.6 Å². The number of benzene rings is 2. The predicted molar refractivity (Wildman–Crippen MR) is 105 cm³/mol. The van der Waals surface area contributed by atoms with Crippen LogP contribution < -0.4 is 5.32 Å². The maximum atomic E-state index is 12.4. The molecule has 1 aliphatic heterocycles. The number of aromatic nitrogens is 3. The fourth-order valence-corrected chi connectivity index (χ4v) is 3.12. The van der Waals surface area contributed by atoms with Gasteiger partial charge in [0.1, 0.15) is 5.69 Å². The standard InChI is InChI=1S/C20H18ClN5O2/c21-15-6-4-5-14(9-15)10-16-11-19(28-25-16)20(27)22-12-17-13-23-26(24-17)18-7-2-1-3-8-18/h1-9,13,19H,10-12H2,(H,22,27).